The Bertz CT molecular complexity index is 994. The van der Waals surface area contributed by atoms with Crippen molar-refractivity contribution in [3.05, 3.63) is 54.1 Å². The van der Waals surface area contributed by atoms with Crippen LogP contribution >= 0.6 is 0 Å². The number of hydrogen-bond donors (Lipinski definition) is 3. The summed E-state index contributed by atoms with van der Waals surface area (Å²) in [5.41, 5.74) is -1.11. The summed E-state index contributed by atoms with van der Waals surface area (Å²) in [4.78, 5) is 27.9. The van der Waals surface area contributed by atoms with Crippen molar-refractivity contribution in [3.63, 3.8) is 0 Å². The van der Waals surface area contributed by atoms with Gasteiger partial charge in [0, 0.05) is 17.7 Å². The van der Waals surface area contributed by atoms with Crippen molar-refractivity contribution in [2.24, 2.45) is 11.8 Å². The van der Waals surface area contributed by atoms with Crippen LogP contribution in [0.5, 0.6) is 5.75 Å². The molecule has 1 aliphatic carbocycles. The first-order valence-electron chi connectivity index (χ1n) is 10.7. The van der Waals surface area contributed by atoms with Gasteiger partial charge in [0.05, 0.1) is 18.5 Å². The van der Waals surface area contributed by atoms with Gasteiger partial charge in [-0.05, 0) is 36.5 Å². The number of nitrogens with one attached hydrogen (secondary N) is 2. The molecule has 7 heteroatoms. The van der Waals surface area contributed by atoms with Gasteiger partial charge in [0.15, 0.2) is 0 Å². The first-order valence-corrected chi connectivity index (χ1v) is 10.7. The molecule has 2 aromatic rings. The van der Waals surface area contributed by atoms with Gasteiger partial charge < -0.3 is 20.5 Å². The topological polar surface area (TPSA) is 90.9 Å². The molecule has 1 saturated carbocycles. The predicted molar refractivity (Wildman–Crippen MR) is 119 cm³/mol. The second-order valence-electron chi connectivity index (χ2n) is 8.53. The number of amides is 3. The van der Waals surface area contributed by atoms with Crippen LogP contribution < -0.4 is 20.3 Å². The summed E-state index contributed by atoms with van der Waals surface area (Å²) in [5.74, 6) is 0.662. The van der Waals surface area contributed by atoms with Gasteiger partial charge >= 0.3 is 6.03 Å². The van der Waals surface area contributed by atoms with E-state index in [2.05, 4.69) is 24.5 Å². The Kier molecular flexibility index (Phi) is 5.62. The number of fused-ring (bicyclic) bond motifs is 1. The summed E-state index contributed by atoms with van der Waals surface area (Å²) < 4.78 is 5.29. The quantitative estimate of drug-likeness (QED) is 0.697. The van der Waals surface area contributed by atoms with Gasteiger partial charge in [-0.15, -0.1) is 0 Å². The first kappa shape index (κ1) is 21.2. The van der Waals surface area contributed by atoms with Crippen molar-refractivity contribution in [1.29, 1.82) is 0 Å². The van der Waals surface area contributed by atoms with E-state index in [1.807, 2.05) is 0 Å². The van der Waals surface area contributed by atoms with E-state index in [1.165, 1.54) is 7.11 Å². The highest BCUT2D eigenvalue weighted by Crippen LogP contribution is 2.41. The molecule has 0 radical (unpaired) electrons. The summed E-state index contributed by atoms with van der Waals surface area (Å²) in [6.45, 7) is 4.31. The Labute approximate surface area is 182 Å². The monoisotopic (exact) mass is 423 g/mol. The molecule has 0 aromatic heterocycles. The number of methoxy groups -OCH3 is 1. The fourth-order valence-electron chi connectivity index (χ4n) is 4.67. The molecule has 164 valence electrons. The largest absolute Gasteiger partial charge is 0.497 e. The van der Waals surface area contributed by atoms with Crippen LogP contribution in [0.15, 0.2) is 48.5 Å². The molecule has 3 N–H and O–H groups in total. The lowest BCUT2D eigenvalue weighted by Crippen LogP contribution is -2.64. The minimum absolute atomic E-state index is 0.0652. The highest BCUT2D eigenvalue weighted by molar-refractivity contribution is 6.11. The van der Waals surface area contributed by atoms with E-state index in [1.54, 1.807) is 48.5 Å². The lowest BCUT2D eigenvalue weighted by molar-refractivity contribution is -0.141. The second-order valence-corrected chi connectivity index (χ2v) is 8.53. The number of nitrogens with zero attached hydrogens (tertiary/aromatic N) is 1. The van der Waals surface area contributed by atoms with E-state index in [0.717, 1.165) is 24.2 Å². The number of anilines is 2. The SMILES string of the molecule is COc1cccc(N2C(=O)Nc3ccccc3C2(O)C(=O)NC2CCCC(C)C2C)c1. The Morgan fingerprint density at radius 1 is 1.19 bits per heavy atom. The highest BCUT2D eigenvalue weighted by atomic mass is 16.5. The summed E-state index contributed by atoms with van der Waals surface area (Å²) in [5, 5.41) is 17.8. The molecule has 4 atom stereocenters. The van der Waals surface area contributed by atoms with Gasteiger partial charge in [0.25, 0.3) is 11.6 Å². The molecule has 0 spiro atoms. The number of benzene rings is 2. The molecule has 2 aliphatic rings. The number of rotatable bonds is 4. The van der Waals surface area contributed by atoms with Crippen LogP contribution in [0, 0.1) is 11.8 Å². The lowest BCUT2D eigenvalue weighted by Gasteiger charge is -2.44. The third kappa shape index (κ3) is 3.63. The lowest BCUT2D eigenvalue weighted by atomic mass is 9.78. The molecule has 3 amide bonds. The summed E-state index contributed by atoms with van der Waals surface area (Å²) in [7, 11) is 1.52. The van der Waals surface area contributed by atoms with Crippen LogP contribution in [0.2, 0.25) is 0 Å². The Morgan fingerprint density at radius 2 is 1.97 bits per heavy atom. The number of aliphatic hydroxyl groups is 1. The first-order chi connectivity index (χ1) is 14.9. The van der Waals surface area contributed by atoms with E-state index in [4.69, 9.17) is 4.74 Å². The number of hydrogen-bond acceptors (Lipinski definition) is 4. The maximum absolute atomic E-state index is 13.7. The van der Waals surface area contributed by atoms with Gasteiger partial charge in [0.1, 0.15) is 5.75 Å². The average molecular weight is 424 g/mol. The van der Waals surface area contributed by atoms with Crippen molar-refractivity contribution in [2.45, 2.75) is 44.9 Å². The number of para-hydroxylation sites is 1. The molecule has 7 nitrogen and oxygen atoms in total. The zero-order valence-corrected chi connectivity index (χ0v) is 18.1. The zero-order chi connectivity index (χ0) is 22.2. The van der Waals surface area contributed by atoms with Crippen LogP contribution in [-0.2, 0) is 10.5 Å². The number of carbonyl (C=O) groups excluding carboxylic acids is 2. The van der Waals surface area contributed by atoms with Gasteiger partial charge in [-0.3, -0.25) is 9.69 Å². The van der Waals surface area contributed by atoms with Crippen molar-refractivity contribution in [3.8, 4) is 5.75 Å². The molecular formula is C24H29N3O4. The number of urea groups is 1. The van der Waals surface area contributed by atoms with Crippen LogP contribution in [0.4, 0.5) is 16.2 Å². The minimum Gasteiger partial charge on any atom is -0.497 e. The molecule has 1 heterocycles. The second kappa shape index (κ2) is 8.23. The average Bonchev–Trinajstić information content (AvgIpc) is 2.77. The normalized spacial score (nSPS) is 27.8. The smallest absolute Gasteiger partial charge is 0.329 e. The third-order valence-corrected chi connectivity index (χ3v) is 6.72. The van der Waals surface area contributed by atoms with E-state index >= 15 is 0 Å². The van der Waals surface area contributed by atoms with Crippen LogP contribution in [-0.4, -0.2) is 30.2 Å². The van der Waals surface area contributed by atoms with E-state index in [-0.39, 0.29) is 12.0 Å². The molecule has 4 rings (SSSR count). The van der Waals surface area contributed by atoms with Crippen molar-refractivity contribution in [2.75, 3.05) is 17.3 Å². The molecule has 0 saturated heterocycles. The molecular weight excluding hydrogens is 394 g/mol. The molecule has 0 bridgehead atoms. The highest BCUT2D eigenvalue weighted by Gasteiger charge is 2.52. The maximum Gasteiger partial charge on any atom is 0.329 e. The van der Waals surface area contributed by atoms with E-state index < -0.39 is 17.7 Å². The van der Waals surface area contributed by atoms with Crippen molar-refractivity contribution >= 4 is 23.3 Å². The summed E-state index contributed by atoms with van der Waals surface area (Å²) in [6.07, 6.45) is 2.99. The zero-order valence-electron chi connectivity index (χ0n) is 18.1. The van der Waals surface area contributed by atoms with Crippen molar-refractivity contribution in [1.82, 2.24) is 5.32 Å². The van der Waals surface area contributed by atoms with E-state index in [0.29, 0.717) is 28.6 Å². The minimum atomic E-state index is -2.20. The number of ether oxygens (including phenoxy) is 1. The Morgan fingerprint density at radius 3 is 2.74 bits per heavy atom. The molecule has 1 fully saturated rings. The predicted octanol–water partition coefficient (Wildman–Crippen LogP) is 3.83. The third-order valence-electron chi connectivity index (χ3n) is 6.72. The van der Waals surface area contributed by atoms with Crippen LogP contribution in [0.1, 0.15) is 38.7 Å². The van der Waals surface area contributed by atoms with E-state index in [9.17, 15) is 14.7 Å². The van der Waals surface area contributed by atoms with Gasteiger partial charge in [0.2, 0.25) is 0 Å². The molecule has 1 aliphatic heterocycles. The Balaban J connectivity index is 1.78. The Hall–Kier alpha value is -3.06. The van der Waals surface area contributed by atoms with Crippen LogP contribution in [0.25, 0.3) is 0 Å². The fourth-order valence-corrected chi connectivity index (χ4v) is 4.67. The molecule has 2 aromatic carbocycles. The van der Waals surface area contributed by atoms with Crippen LogP contribution in [0.3, 0.4) is 0 Å². The van der Waals surface area contributed by atoms with Gasteiger partial charge in [-0.25, -0.2) is 4.79 Å². The van der Waals surface area contributed by atoms with Gasteiger partial charge in [-0.1, -0.05) is 51.0 Å². The molecule has 31 heavy (non-hydrogen) atoms. The maximum atomic E-state index is 13.7. The summed E-state index contributed by atoms with van der Waals surface area (Å²) in [6, 6.07) is 12.9. The van der Waals surface area contributed by atoms with Gasteiger partial charge in [-0.2, -0.15) is 0 Å². The molecule has 4 unspecified atom stereocenters. The standard InChI is InChI=1S/C24H29N3O4/c1-15-8-6-13-20(16(15)2)25-22(28)24(30)19-11-4-5-12-21(19)26-23(29)27(24)17-9-7-10-18(14-17)31-3/h4-5,7,9-12,14-16,20,30H,6,8,13H2,1-3H3,(H,25,28)(H,26,29). The summed E-state index contributed by atoms with van der Waals surface area (Å²) >= 11 is 0. The van der Waals surface area contributed by atoms with Crippen molar-refractivity contribution < 1.29 is 19.4 Å². The fraction of sp³-hybridized carbons (Fsp3) is 0.417. The number of carbonyl (C=O) groups is 2.